The van der Waals surface area contributed by atoms with Crippen molar-refractivity contribution in [3.8, 4) is 0 Å². The number of aliphatic hydroxyl groups is 2. The molecule has 0 saturated carbocycles. The summed E-state index contributed by atoms with van der Waals surface area (Å²) >= 11 is 5.49. The van der Waals surface area contributed by atoms with Crippen molar-refractivity contribution in [3.63, 3.8) is 0 Å². The first-order valence-corrected chi connectivity index (χ1v) is 6.62. The van der Waals surface area contributed by atoms with Gasteiger partial charge in [0.25, 0.3) is 0 Å². The summed E-state index contributed by atoms with van der Waals surface area (Å²) in [6.45, 7) is 1.41. The zero-order valence-corrected chi connectivity index (χ0v) is 11.4. The maximum Gasteiger partial charge on any atom is 0.185 e. The van der Waals surface area contributed by atoms with Gasteiger partial charge in [-0.25, -0.2) is 0 Å². The molecule has 18 heavy (non-hydrogen) atoms. The second-order valence-corrected chi connectivity index (χ2v) is 4.96. The molecule has 0 aromatic heterocycles. The van der Waals surface area contributed by atoms with Gasteiger partial charge in [-0.2, -0.15) is 4.99 Å². The highest BCUT2D eigenvalue weighted by Gasteiger charge is 2.21. The Morgan fingerprint density at radius 2 is 2.17 bits per heavy atom. The maximum absolute atomic E-state index is 10.8. The van der Waals surface area contributed by atoms with Gasteiger partial charge in [-0.05, 0) is 18.3 Å². The lowest BCUT2D eigenvalue weighted by molar-refractivity contribution is -0.109. The minimum Gasteiger partial charge on any atom is -0.389 e. The van der Waals surface area contributed by atoms with Crippen LogP contribution >= 0.6 is 24.0 Å². The zero-order valence-electron chi connectivity index (χ0n) is 9.74. The summed E-state index contributed by atoms with van der Waals surface area (Å²) in [6, 6.07) is 6.80. The molecule has 0 aliphatic carbocycles. The Kier molecular flexibility index (Phi) is 6.18. The van der Waals surface area contributed by atoms with Gasteiger partial charge in [0, 0.05) is 18.2 Å². The van der Waals surface area contributed by atoms with E-state index < -0.39 is 12.2 Å². The molecule has 0 aliphatic rings. The van der Waals surface area contributed by atoms with Crippen LogP contribution < -0.4 is 0 Å². The molecule has 0 saturated heterocycles. The predicted molar refractivity (Wildman–Crippen MR) is 75.2 cm³/mol. The minimum absolute atomic E-state index is 0.105. The molecule has 6 heteroatoms. The largest absolute Gasteiger partial charge is 0.389 e. The Bertz CT molecular complexity index is 472. The highest BCUT2D eigenvalue weighted by atomic mass is 32.2. The number of carbonyl (C=O) groups excluding carboxylic acids is 1. The number of thiocarbonyl (C=S) groups is 1. The van der Waals surface area contributed by atoms with Crippen molar-refractivity contribution in [2.45, 2.75) is 19.1 Å². The molecule has 96 valence electrons. The van der Waals surface area contributed by atoms with Crippen LogP contribution in [0.15, 0.2) is 29.3 Å². The number of benzene rings is 1. The summed E-state index contributed by atoms with van der Waals surface area (Å²) in [5.74, 6) is 0.131. The number of aliphatic imine (C=N–C) groups is 1. The number of nitrogens with zero attached hydrogens (tertiary/aromatic N) is 1. The molecule has 0 bridgehead atoms. The number of carbonyl (C=O) groups is 1. The van der Waals surface area contributed by atoms with Gasteiger partial charge in [0.2, 0.25) is 0 Å². The lowest BCUT2D eigenvalue weighted by atomic mass is 10.0. The van der Waals surface area contributed by atoms with Crippen LogP contribution in [0.4, 0.5) is 5.69 Å². The average molecular weight is 283 g/mol. The third-order valence-electron chi connectivity index (χ3n) is 2.24. The zero-order chi connectivity index (χ0) is 13.5. The molecule has 0 radical (unpaired) electrons. The van der Waals surface area contributed by atoms with E-state index in [1.165, 1.54) is 6.92 Å². The van der Waals surface area contributed by atoms with Gasteiger partial charge in [-0.3, -0.25) is 4.79 Å². The summed E-state index contributed by atoms with van der Waals surface area (Å²) in [5.41, 5.74) is 0.929. The number of hydrogen-bond acceptors (Lipinski definition) is 6. The monoisotopic (exact) mass is 283 g/mol. The first-order valence-electron chi connectivity index (χ1n) is 5.22. The van der Waals surface area contributed by atoms with E-state index in [-0.39, 0.29) is 10.9 Å². The Labute approximate surface area is 115 Å². The molecular formula is C12H13NO3S2. The second kappa shape index (κ2) is 7.41. The summed E-state index contributed by atoms with van der Waals surface area (Å²) < 4.78 is 0. The van der Waals surface area contributed by atoms with Gasteiger partial charge in [0.05, 0.1) is 17.0 Å². The number of para-hydroxylation sites is 1. The molecule has 2 atom stereocenters. The van der Waals surface area contributed by atoms with Gasteiger partial charge in [0.15, 0.2) is 5.12 Å². The van der Waals surface area contributed by atoms with Crippen molar-refractivity contribution in [1.82, 2.24) is 0 Å². The van der Waals surface area contributed by atoms with Gasteiger partial charge in [-0.15, -0.1) is 0 Å². The van der Waals surface area contributed by atoms with E-state index in [0.29, 0.717) is 11.3 Å². The summed E-state index contributed by atoms with van der Waals surface area (Å²) in [5, 5.41) is 21.9. The van der Waals surface area contributed by atoms with E-state index in [2.05, 4.69) is 22.4 Å². The second-order valence-electron chi connectivity index (χ2n) is 3.58. The van der Waals surface area contributed by atoms with Crippen molar-refractivity contribution in [2.75, 3.05) is 5.75 Å². The van der Waals surface area contributed by atoms with Crippen LogP contribution in [0, 0.1) is 0 Å². The SMILES string of the molecule is CC(=O)SCC(O)C(O)c1ccccc1N=C=S. The molecule has 1 rings (SSSR count). The number of hydrogen-bond donors (Lipinski definition) is 2. The summed E-state index contributed by atoms with van der Waals surface area (Å²) in [4.78, 5) is 14.6. The average Bonchev–Trinajstić information content (AvgIpc) is 2.36. The molecule has 0 amide bonds. The van der Waals surface area contributed by atoms with Crippen molar-refractivity contribution in [3.05, 3.63) is 29.8 Å². The topological polar surface area (TPSA) is 69.9 Å². The number of rotatable bonds is 5. The lowest BCUT2D eigenvalue weighted by Crippen LogP contribution is -2.21. The minimum atomic E-state index is -1.11. The molecule has 2 unspecified atom stereocenters. The fraction of sp³-hybridized carbons (Fsp3) is 0.333. The first-order chi connectivity index (χ1) is 8.56. The van der Waals surface area contributed by atoms with Crippen molar-refractivity contribution in [1.29, 1.82) is 0 Å². The van der Waals surface area contributed by atoms with Gasteiger partial charge in [0.1, 0.15) is 6.10 Å². The van der Waals surface area contributed by atoms with Gasteiger partial charge >= 0.3 is 0 Å². The lowest BCUT2D eigenvalue weighted by Gasteiger charge is -2.18. The molecule has 0 heterocycles. The summed E-state index contributed by atoms with van der Waals surface area (Å²) in [6.07, 6.45) is -2.15. The van der Waals surface area contributed by atoms with Crippen molar-refractivity contribution in [2.24, 2.45) is 4.99 Å². The normalized spacial score (nSPS) is 13.5. The third kappa shape index (κ3) is 4.33. The maximum atomic E-state index is 10.8. The number of aliphatic hydroxyl groups excluding tert-OH is 2. The van der Waals surface area contributed by atoms with E-state index in [1.807, 2.05) is 0 Å². The van der Waals surface area contributed by atoms with E-state index in [1.54, 1.807) is 24.3 Å². The molecular weight excluding hydrogens is 270 g/mol. The van der Waals surface area contributed by atoms with Crippen molar-refractivity contribution < 1.29 is 15.0 Å². The smallest absolute Gasteiger partial charge is 0.185 e. The summed E-state index contributed by atoms with van der Waals surface area (Å²) in [7, 11) is 0. The molecule has 1 aromatic carbocycles. The van der Waals surface area contributed by atoms with E-state index in [9.17, 15) is 15.0 Å². The van der Waals surface area contributed by atoms with Gasteiger partial charge in [-0.1, -0.05) is 30.0 Å². The predicted octanol–water partition coefficient (Wildman–Crippen LogP) is 2.09. The van der Waals surface area contributed by atoms with Crippen LogP contribution in [0.2, 0.25) is 0 Å². The first kappa shape index (κ1) is 15.0. The molecule has 0 aliphatic heterocycles. The fourth-order valence-corrected chi connectivity index (χ4v) is 2.08. The number of thioether (sulfide) groups is 1. The highest BCUT2D eigenvalue weighted by Crippen LogP contribution is 2.28. The third-order valence-corrected chi connectivity index (χ3v) is 3.25. The molecule has 4 nitrogen and oxygen atoms in total. The molecule has 1 aromatic rings. The Hall–Kier alpha value is -1.04. The number of isothiocyanates is 1. The quantitative estimate of drug-likeness (QED) is 0.639. The molecule has 2 N–H and O–H groups in total. The van der Waals surface area contributed by atoms with Gasteiger partial charge < -0.3 is 10.2 Å². The Morgan fingerprint density at radius 1 is 1.50 bits per heavy atom. The fourth-order valence-electron chi connectivity index (χ4n) is 1.39. The standard InChI is InChI=1S/C12H13NO3S2/c1-8(14)18-6-11(15)12(16)9-4-2-3-5-10(9)13-7-17/h2-5,11-12,15-16H,6H2,1H3. The van der Waals surface area contributed by atoms with Crippen LogP contribution in [0.25, 0.3) is 0 Å². The highest BCUT2D eigenvalue weighted by molar-refractivity contribution is 8.13. The van der Waals surface area contributed by atoms with Crippen LogP contribution in [0.3, 0.4) is 0 Å². The van der Waals surface area contributed by atoms with Crippen LogP contribution in [-0.2, 0) is 4.79 Å². The van der Waals surface area contributed by atoms with Crippen LogP contribution in [0.1, 0.15) is 18.6 Å². The van der Waals surface area contributed by atoms with E-state index in [0.717, 1.165) is 11.8 Å². The van der Waals surface area contributed by atoms with E-state index in [4.69, 9.17) is 0 Å². The Balaban J connectivity index is 2.85. The van der Waals surface area contributed by atoms with E-state index >= 15 is 0 Å². The molecule has 0 spiro atoms. The van der Waals surface area contributed by atoms with Crippen LogP contribution in [-0.4, -0.2) is 32.3 Å². The molecule has 0 fully saturated rings. The Morgan fingerprint density at radius 3 is 2.78 bits per heavy atom. The van der Waals surface area contributed by atoms with Crippen molar-refractivity contribution >= 4 is 39.9 Å². The van der Waals surface area contributed by atoms with Crippen LogP contribution in [0.5, 0.6) is 0 Å².